The predicted octanol–water partition coefficient (Wildman–Crippen LogP) is 6.48. The molecule has 0 spiro atoms. The van der Waals surface area contributed by atoms with Crippen LogP contribution in [0.2, 0.25) is 0 Å². The molecule has 0 amide bonds. The summed E-state index contributed by atoms with van der Waals surface area (Å²) in [6.45, 7) is 6.95. The smallest absolute Gasteiger partial charge is 0.0991 e. The Hall–Kier alpha value is -0.860. The summed E-state index contributed by atoms with van der Waals surface area (Å²) in [5, 5.41) is 8.97. The van der Waals surface area contributed by atoms with Crippen LogP contribution in [0.1, 0.15) is 70.4 Å². The molecular weight excluding hydrogens is 285 g/mol. The quantitative estimate of drug-likeness (QED) is 0.428. The van der Waals surface area contributed by atoms with Gasteiger partial charge in [0.15, 0.2) is 0 Å². The lowest BCUT2D eigenvalue weighted by molar-refractivity contribution is 0.832. The van der Waals surface area contributed by atoms with Crippen molar-refractivity contribution in [1.29, 1.82) is 5.26 Å². The van der Waals surface area contributed by atoms with Crippen molar-refractivity contribution < 1.29 is 0 Å². The molecule has 0 heterocycles. The van der Waals surface area contributed by atoms with E-state index in [2.05, 4.69) is 39.0 Å². The largest absolute Gasteiger partial charge is 0.192 e. The third kappa shape index (κ3) is 6.50. The van der Waals surface area contributed by atoms with E-state index in [4.69, 9.17) is 5.26 Å². The molecule has 122 valence electrons. The first-order chi connectivity index (χ1) is 10.7. The third-order valence-corrected chi connectivity index (χ3v) is 9.39. The first-order valence-electron chi connectivity index (χ1n) is 9.03. The van der Waals surface area contributed by atoms with Crippen LogP contribution in [0.4, 0.5) is 0 Å². The molecule has 1 nitrogen and oxygen atoms in total. The molecule has 0 N–H and O–H groups in total. The van der Waals surface area contributed by atoms with Crippen LogP contribution in [0.15, 0.2) is 24.3 Å². The van der Waals surface area contributed by atoms with Crippen LogP contribution in [-0.4, -0.2) is 18.5 Å². The minimum atomic E-state index is -0.874. The molecule has 0 saturated carbocycles. The molecule has 0 aliphatic rings. The zero-order valence-corrected chi connectivity index (χ0v) is 15.7. The number of nitriles is 1. The molecule has 0 radical (unpaired) electrons. The van der Waals surface area contributed by atoms with Crippen LogP contribution in [0.3, 0.4) is 0 Å². The van der Waals surface area contributed by atoms with E-state index < -0.39 is 7.26 Å². The van der Waals surface area contributed by atoms with Crippen LogP contribution >= 0.6 is 7.26 Å². The van der Waals surface area contributed by atoms with E-state index >= 15 is 0 Å². The number of unbranched alkanes of at least 4 members (excludes halogenated alkanes) is 3. The molecular formula is C20H33NP+. The van der Waals surface area contributed by atoms with Gasteiger partial charge in [0.1, 0.15) is 0 Å². The van der Waals surface area contributed by atoms with Crippen molar-refractivity contribution in [1.82, 2.24) is 0 Å². The normalized spacial score (nSPS) is 11.4. The molecule has 0 aromatic heterocycles. The number of hydrogen-bond donors (Lipinski definition) is 0. The summed E-state index contributed by atoms with van der Waals surface area (Å²) in [6, 6.07) is 10.6. The van der Waals surface area contributed by atoms with Gasteiger partial charge in [0, 0.05) is 7.26 Å². The third-order valence-electron chi connectivity index (χ3n) is 4.56. The highest BCUT2D eigenvalue weighted by atomic mass is 31.2. The molecule has 0 unspecified atom stereocenters. The average molecular weight is 318 g/mol. The second-order valence-electron chi connectivity index (χ2n) is 6.54. The van der Waals surface area contributed by atoms with E-state index in [0.29, 0.717) is 0 Å². The number of hydrogen-bond acceptors (Lipinski definition) is 1. The summed E-state index contributed by atoms with van der Waals surface area (Å²) >= 11 is 0. The lowest BCUT2D eigenvalue weighted by Gasteiger charge is -2.28. The molecule has 0 fully saturated rings. The van der Waals surface area contributed by atoms with Gasteiger partial charge in [-0.15, -0.1) is 0 Å². The molecule has 1 aromatic carbocycles. The van der Waals surface area contributed by atoms with Gasteiger partial charge in [-0.3, -0.25) is 0 Å². The van der Waals surface area contributed by atoms with Crippen LogP contribution in [0, 0.1) is 11.3 Å². The SMILES string of the molecule is CCCC[P+](CCCC)(CCCC)Cc1ccc(C#N)cc1. The predicted molar refractivity (Wildman–Crippen MR) is 101 cm³/mol. The van der Waals surface area contributed by atoms with Crippen LogP contribution in [0.25, 0.3) is 0 Å². The average Bonchev–Trinajstić information content (AvgIpc) is 2.56. The van der Waals surface area contributed by atoms with Gasteiger partial charge in [-0.25, -0.2) is 0 Å². The fraction of sp³-hybridized carbons (Fsp3) is 0.650. The maximum Gasteiger partial charge on any atom is 0.0991 e. The zero-order chi connectivity index (χ0) is 16.3. The van der Waals surface area contributed by atoms with Gasteiger partial charge in [-0.05, 0) is 37.0 Å². The van der Waals surface area contributed by atoms with Gasteiger partial charge in [0.2, 0.25) is 0 Å². The Morgan fingerprint density at radius 1 is 0.818 bits per heavy atom. The van der Waals surface area contributed by atoms with E-state index in [9.17, 15) is 0 Å². The van der Waals surface area contributed by atoms with Gasteiger partial charge in [-0.1, -0.05) is 52.2 Å². The molecule has 0 saturated heterocycles. The van der Waals surface area contributed by atoms with Crippen molar-refractivity contribution in [2.24, 2.45) is 0 Å². The minimum Gasteiger partial charge on any atom is -0.192 e. The highest BCUT2D eigenvalue weighted by Gasteiger charge is 2.35. The summed E-state index contributed by atoms with van der Waals surface area (Å²) in [4.78, 5) is 0. The zero-order valence-electron chi connectivity index (χ0n) is 14.8. The highest BCUT2D eigenvalue weighted by Crippen LogP contribution is 2.63. The van der Waals surface area contributed by atoms with Crippen molar-refractivity contribution in [3.8, 4) is 6.07 Å². The lowest BCUT2D eigenvalue weighted by atomic mass is 10.2. The molecule has 0 atom stereocenters. The summed E-state index contributed by atoms with van der Waals surface area (Å²) in [5.74, 6) is 0. The number of nitrogens with zero attached hydrogens (tertiary/aromatic N) is 1. The molecule has 0 bridgehead atoms. The molecule has 0 aliphatic heterocycles. The minimum absolute atomic E-state index is 0.781. The number of benzene rings is 1. The van der Waals surface area contributed by atoms with Gasteiger partial charge in [0.05, 0.1) is 36.3 Å². The van der Waals surface area contributed by atoms with E-state index in [0.717, 1.165) is 5.56 Å². The van der Waals surface area contributed by atoms with Crippen LogP contribution in [-0.2, 0) is 6.16 Å². The Balaban J connectivity index is 2.89. The van der Waals surface area contributed by atoms with Crippen LogP contribution < -0.4 is 0 Å². The maximum absolute atomic E-state index is 8.97. The number of rotatable bonds is 11. The monoisotopic (exact) mass is 318 g/mol. The first kappa shape index (κ1) is 19.2. The Kier molecular flexibility index (Phi) is 9.42. The fourth-order valence-corrected chi connectivity index (χ4v) is 8.22. The van der Waals surface area contributed by atoms with Crippen molar-refractivity contribution in [3.63, 3.8) is 0 Å². The lowest BCUT2D eigenvalue weighted by Crippen LogP contribution is -2.11. The fourth-order valence-electron chi connectivity index (χ4n) is 3.13. The van der Waals surface area contributed by atoms with E-state index in [-0.39, 0.29) is 0 Å². The van der Waals surface area contributed by atoms with E-state index in [1.165, 1.54) is 68.7 Å². The Labute approximate surface area is 138 Å². The van der Waals surface area contributed by atoms with Gasteiger partial charge in [0.25, 0.3) is 0 Å². The van der Waals surface area contributed by atoms with Crippen molar-refractivity contribution >= 4 is 7.26 Å². The second-order valence-corrected chi connectivity index (χ2v) is 10.9. The summed E-state index contributed by atoms with van der Waals surface area (Å²) < 4.78 is 0. The summed E-state index contributed by atoms with van der Waals surface area (Å²) in [6.07, 6.45) is 13.8. The molecule has 0 aliphatic carbocycles. The van der Waals surface area contributed by atoms with Gasteiger partial charge in [-0.2, -0.15) is 5.26 Å². The van der Waals surface area contributed by atoms with Crippen molar-refractivity contribution in [2.45, 2.75) is 65.5 Å². The highest BCUT2D eigenvalue weighted by molar-refractivity contribution is 7.75. The Morgan fingerprint density at radius 2 is 1.27 bits per heavy atom. The first-order valence-corrected chi connectivity index (χ1v) is 11.6. The van der Waals surface area contributed by atoms with E-state index in [1.54, 1.807) is 0 Å². The molecule has 2 heteroatoms. The topological polar surface area (TPSA) is 23.8 Å². The maximum atomic E-state index is 8.97. The second kappa shape index (κ2) is 10.8. The Morgan fingerprint density at radius 3 is 1.64 bits per heavy atom. The van der Waals surface area contributed by atoms with Gasteiger partial charge < -0.3 is 0 Å². The summed E-state index contributed by atoms with van der Waals surface area (Å²) in [7, 11) is -0.874. The van der Waals surface area contributed by atoms with Crippen LogP contribution in [0.5, 0.6) is 0 Å². The standard InChI is InChI=1S/C20H33NP/c1-4-7-14-22(15-8-5-2,16-9-6-3)18-20-12-10-19(17-21)11-13-20/h10-13H,4-9,14-16,18H2,1-3H3/q+1. The molecule has 22 heavy (non-hydrogen) atoms. The molecule has 1 rings (SSSR count). The van der Waals surface area contributed by atoms with Gasteiger partial charge >= 0.3 is 0 Å². The Bertz CT molecular complexity index is 422. The van der Waals surface area contributed by atoms with E-state index in [1.807, 2.05) is 12.1 Å². The molecule has 1 aromatic rings. The summed E-state index contributed by atoms with van der Waals surface area (Å²) in [5.41, 5.74) is 2.24. The van der Waals surface area contributed by atoms with Crippen molar-refractivity contribution in [3.05, 3.63) is 35.4 Å². The van der Waals surface area contributed by atoms with Crippen molar-refractivity contribution in [2.75, 3.05) is 18.5 Å².